The highest BCUT2D eigenvalue weighted by atomic mass is 19.1. The van der Waals surface area contributed by atoms with Crippen LogP contribution in [0.1, 0.15) is 5.56 Å². The third-order valence-corrected chi connectivity index (χ3v) is 2.62. The zero-order chi connectivity index (χ0) is 10.5. The summed E-state index contributed by atoms with van der Waals surface area (Å²) in [6.07, 6.45) is 0.880. The quantitative estimate of drug-likeness (QED) is 0.799. The Morgan fingerprint density at radius 1 is 1.47 bits per heavy atom. The van der Waals surface area contributed by atoms with Crippen LogP contribution >= 0.6 is 0 Å². The second kappa shape index (κ2) is 5.24. The minimum Gasteiger partial charge on any atom is -0.380 e. The smallest absolute Gasteiger partial charge is 0.123 e. The average molecular weight is 209 g/mol. The van der Waals surface area contributed by atoms with E-state index in [1.165, 1.54) is 6.07 Å². The monoisotopic (exact) mass is 209 g/mol. The van der Waals surface area contributed by atoms with Gasteiger partial charge in [0.2, 0.25) is 0 Å². The van der Waals surface area contributed by atoms with Gasteiger partial charge in [0.15, 0.2) is 0 Å². The Morgan fingerprint density at radius 3 is 3.27 bits per heavy atom. The van der Waals surface area contributed by atoms with Crippen molar-refractivity contribution in [3.05, 3.63) is 35.6 Å². The summed E-state index contributed by atoms with van der Waals surface area (Å²) in [4.78, 5) is 0. The molecule has 3 heteroatoms. The summed E-state index contributed by atoms with van der Waals surface area (Å²) in [5.74, 6) is 0.296. The summed E-state index contributed by atoms with van der Waals surface area (Å²) < 4.78 is 18.4. The first-order valence-corrected chi connectivity index (χ1v) is 5.37. The van der Waals surface area contributed by atoms with Crippen molar-refractivity contribution in [2.45, 2.75) is 6.42 Å². The van der Waals surface area contributed by atoms with Gasteiger partial charge in [0, 0.05) is 13.1 Å². The molecule has 1 heterocycles. The summed E-state index contributed by atoms with van der Waals surface area (Å²) in [6, 6.07) is 6.81. The van der Waals surface area contributed by atoms with Gasteiger partial charge >= 0.3 is 0 Å². The van der Waals surface area contributed by atoms with Gasteiger partial charge in [0.1, 0.15) is 5.82 Å². The molecular weight excluding hydrogens is 193 g/mol. The maximum Gasteiger partial charge on any atom is 0.123 e. The van der Waals surface area contributed by atoms with E-state index in [2.05, 4.69) is 5.32 Å². The predicted molar refractivity (Wildman–Crippen MR) is 57.3 cm³/mol. The summed E-state index contributed by atoms with van der Waals surface area (Å²) in [7, 11) is 0. The lowest BCUT2D eigenvalue weighted by Gasteiger charge is -2.13. The van der Waals surface area contributed by atoms with Gasteiger partial charge in [-0.3, -0.25) is 0 Å². The SMILES string of the molecule is Fc1cccc(C[C@@H]2CNCCOC2)c1. The molecule has 2 rings (SSSR count). The molecule has 15 heavy (non-hydrogen) atoms. The number of benzene rings is 1. The maximum atomic E-state index is 13.0. The number of halogens is 1. The standard InChI is InChI=1S/C12H16FNO/c13-12-3-1-2-10(7-12)6-11-8-14-4-5-15-9-11/h1-3,7,11,14H,4-6,8-9H2/t11-/m1/s1. The molecule has 2 nitrogen and oxygen atoms in total. The summed E-state index contributed by atoms with van der Waals surface area (Å²) in [6.45, 7) is 3.42. The molecule has 0 amide bonds. The highest BCUT2D eigenvalue weighted by Crippen LogP contribution is 2.11. The predicted octanol–water partition coefficient (Wildman–Crippen LogP) is 1.60. The molecule has 0 bridgehead atoms. The highest BCUT2D eigenvalue weighted by Gasteiger charge is 2.12. The van der Waals surface area contributed by atoms with Gasteiger partial charge in [-0.25, -0.2) is 4.39 Å². The van der Waals surface area contributed by atoms with Crippen LogP contribution in [-0.2, 0) is 11.2 Å². The van der Waals surface area contributed by atoms with Crippen LogP contribution in [-0.4, -0.2) is 26.3 Å². The zero-order valence-electron chi connectivity index (χ0n) is 8.71. The van der Waals surface area contributed by atoms with Crippen LogP contribution in [0, 0.1) is 11.7 Å². The van der Waals surface area contributed by atoms with E-state index in [0.29, 0.717) is 5.92 Å². The first-order valence-electron chi connectivity index (χ1n) is 5.37. The number of ether oxygens (including phenoxy) is 1. The fourth-order valence-electron chi connectivity index (χ4n) is 1.89. The van der Waals surface area contributed by atoms with Crippen LogP contribution in [0.2, 0.25) is 0 Å². The summed E-state index contributed by atoms with van der Waals surface area (Å²) in [5.41, 5.74) is 1.05. The topological polar surface area (TPSA) is 21.3 Å². The van der Waals surface area contributed by atoms with Crippen LogP contribution in [0.25, 0.3) is 0 Å². The average Bonchev–Trinajstić information content (AvgIpc) is 2.46. The van der Waals surface area contributed by atoms with Crippen molar-refractivity contribution in [2.75, 3.05) is 26.3 Å². The Labute approximate surface area is 89.4 Å². The maximum absolute atomic E-state index is 13.0. The van der Waals surface area contributed by atoms with Gasteiger partial charge in [-0.1, -0.05) is 12.1 Å². The molecule has 82 valence electrons. The zero-order valence-corrected chi connectivity index (χ0v) is 8.71. The van der Waals surface area contributed by atoms with Crippen LogP contribution in [0.15, 0.2) is 24.3 Å². The number of hydrogen-bond donors (Lipinski definition) is 1. The molecule has 1 fully saturated rings. The Kier molecular flexibility index (Phi) is 3.69. The van der Waals surface area contributed by atoms with E-state index in [0.717, 1.165) is 38.3 Å². The van der Waals surface area contributed by atoms with Crippen molar-refractivity contribution in [3.63, 3.8) is 0 Å². The van der Waals surface area contributed by atoms with Crippen molar-refractivity contribution in [3.8, 4) is 0 Å². The Morgan fingerprint density at radius 2 is 2.40 bits per heavy atom. The highest BCUT2D eigenvalue weighted by molar-refractivity contribution is 5.16. The normalized spacial score (nSPS) is 22.3. The molecule has 0 unspecified atom stereocenters. The van der Waals surface area contributed by atoms with Crippen LogP contribution in [0.5, 0.6) is 0 Å². The Bertz CT molecular complexity index is 308. The van der Waals surface area contributed by atoms with Gasteiger partial charge in [0.05, 0.1) is 13.2 Å². The molecule has 0 aliphatic carbocycles. The second-order valence-electron chi connectivity index (χ2n) is 3.98. The van der Waals surface area contributed by atoms with Crippen molar-refractivity contribution < 1.29 is 9.13 Å². The fraction of sp³-hybridized carbons (Fsp3) is 0.500. The molecule has 0 spiro atoms. The Hall–Kier alpha value is -0.930. The van der Waals surface area contributed by atoms with Crippen LogP contribution in [0.4, 0.5) is 4.39 Å². The molecule has 1 aromatic carbocycles. The van der Waals surface area contributed by atoms with E-state index in [1.54, 1.807) is 12.1 Å². The van der Waals surface area contributed by atoms with E-state index in [9.17, 15) is 4.39 Å². The lowest BCUT2D eigenvalue weighted by atomic mass is 10.00. The molecule has 1 saturated heterocycles. The molecule has 1 aromatic rings. The first-order chi connectivity index (χ1) is 7.34. The van der Waals surface area contributed by atoms with Gasteiger partial charge in [-0.15, -0.1) is 0 Å². The third-order valence-electron chi connectivity index (χ3n) is 2.62. The van der Waals surface area contributed by atoms with Gasteiger partial charge in [0.25, 0.3) is 0 Å². The van der Waals surface area contributed by atoms with Gasteiger partial charge in [-0.05, 0) is 30.0 Å². The lowest BCUT2D eigenvalue weighted by Crippen LogP contribution is -2.24. The molecular formula is C12H16FNO. The van der Waals surface area contributed by atoms with Crippen molar-refractivity contribution in [1.29, 1.82) is 0 Å². The van der Waals surface area contributed by atoms with E-state index >= 15 is 0 Å². The number of hydrogen-bond acceptors (Lipinski definition) is 2. The number of rotatable bonds is 2. The number of nitrogens with one attached hydrogen (secondary N) is 1. The van der Waals surface area contributed by atoms with Gasteiger partial charge < -0.3 is 10.1 Å². The summed E-state index contributed by atoms with van der Waals surface area (Å²) in [5, 5.41) is 3.31. The van der Waals surface area contributed by atoms with Crippen LogP contribution < -0.4 is 5.32 Å². The van der Waals surface area contributed by atoms with E-state index in [-0.39, 0.29) is 5.82 Å². The van der Waals surface area contributed by atoms with Crippen molar-refractivity contribution in [2.24, 2.45) is 5.92 Å². The summed E-state index contributed by atoms with van der Waals surface area (Å²) >= 11 is 0. The molecule has 1 N–H and O–H groups in total. The van der Waals surface area contributed by atoms with E-state index < -0.39 is 0 Å². The molecule has 0 radical (unpaired) electrons. The largest absolute Gasteiger partial charge is 0.380 e. The molecule has 1 aliphatic rings. The van der Waals surface area contributed by atoms with Crippen LogP contribution in [0.3, 0.4) is 0 Å². The Balaban J connectivity index is 1.95. The third kappa shape index (κ3) is 3.29. The van der Waals surface area contributed by atoms with Crippen molar-refractivity contribution in [1.82, 2.24) is 5.32 Å². The minimum absolute atomic E-state index is 0.157. The second-order valence-corrected chi connectivity index (χ2v) is 3.98. The first kappa shape index (κ1) is 10.6. The minimum atomic E-state index is -0.157. The molecule has 0 aromatic heterocycles. The molecule has 0 saturated carbocycles. The fourth-order valence-corrected chi connectivity index (χ4v) is 1.89. The lowest BCUT2D eigenvalue weighted by molar-refractivity contribution is 0.123. The van der Waals surface area contributed by atoms with E-state index in [1.807, 2.05) is 6.07 Å². The van der Waals surface area contributed by atoms with E-state index in [4.69, 9.17) is 4.74 Å². The van der Waals surface area contributed by atoms with Gasteiger partial charge in [-0.2, -0.15) is 0 Å². The van der Waals surface area contributed by atoms with Crippen molar-refractivity contribution >= 4 is 0 Å². The molecule has 1 aliphatic heterocycles. The molecule has 1 atom stereocenters.